The van der Waals surface area contributed by atoms with E-state index in [1.54, 1.807) is 0 Å². The summed E-state index contributed by atoms with van der Waals surface area (Å²) >= 11 is 2.05. The van der Waals surface area contributed by atoms with Crippen LogP contribution in [0.2, 0.25) is 0 Å². The number of nitrogens with zero attached hydrogens (tertiary/aromatic N) is 1. The van der Waals surface area contributed by atoms with E-state index < -0.39 is 0 Å². The molecule has 0 aromatic rings. The van der Waals surface area contributed by atoms with E-state index in [1.807, 2.05) is 29.5 Å². The Kier molecular flexibility index (Phi) is 4.19. The van der Waals surface area contributed by atoms with Crippen molar-refractivity contribution in [3.8, 4) is 6.07 Å². The van der Waals surface area contributed by atoms with E-state index >= 15 is 0 Å². The van der Waals surface area contributed by atoms with Crippen LogP contribution in [0.3, 0.4) is 0 Å². The van der Waals surface area contributed by atoms with Crippen molar-refractivity contribution in [1.82, 2.24) is 0 Å². The Hall–Kier alpha value is 0.180. The zero-order chi connectivity index (χ0) is 6.57. The van der Waals surface area contributed by atoms with Crippen LogP contribution in [0.4, 0.5) is 0 Å². The summed E-state index contributed by atoms with van der Waals surface area (Å²) in [5.41, 5.74) is 5.50. The molecular weight excluding hydrogens is 215 g/mol. The zero-order valence-electron chi connectivity index (χ0n) is 4.76. The highest BCUT2D eigenvalue weighted by Crippen LogP contribution is 2.04. The molecule has 0 bridgehead atoms. The van der Waals surface area contributed by atoms with Gasteiger partial charge in [0.05, 0.1) is 6.07 Å². The molecule has 0 aliphatic rings. The molecule has 8 heavy (non-hydrogen) atoms. The minimum absolute atomic E-state index is 0.0300. The first-order chi connectivity index (χ1) is 3.72. The molecule has 0 fully saturated rings. The Morgan fingerprint density at radius 3 is 2.50 bits per heavy atom. The van der Waals surface area contributed by atoms with Gasteiger partial charge in [-0.1, -0.05) is 29.5 Å². The van der Waals surface area contributed by atoms with Crippen molar-refractivity contribution in [3.05, 3.63) is 0 Å². The van der Waals surface area contributed by atoms with Gasteiger partial charge in [-0.25, -0.2) is 0 Å². The van der Waals surface area contributed by atoms with Crippen LogP contribution in [0.25, 0.3) is 0 Å². The van der Waals surface area contributed by atoms with Crippen LogP contribution in [0, 0.1) is 11.3 Å². The van der Waals surface area contributed by atoms with Gasteiger partial charge in [-0.3, -0.25) is 0 Å². The van der Waals surface area contributed by atoms with E-state index in [0.717, 1.165) is 6.42 Å². The third-order valence-electron chi connectivity index (χ3n) is 0.971. The molecule has 0 radical (unpaired) electrons. The van der Waals surface area contributed by atoms with Gasteiger partial charge in [0.1, 0.15) is 3.92 Å². The first-order valence-corrected chi connectivity index (χ1v) is 3.76. The van der Waals surface area contributed by atoms with Gasteiger partial charge < -0.3 is 5.73 Å². The summed E-state index contributed by atoms with van der Waals surface area (Å²) in [5.74, 6) is 0. The van der Waals surface area contributed by atoms with E-state index in [2.05, 4.69) is 6.07 Å². The molecule has 2 nitrogen and oxygen atoms in total. The third-order valence-corrected chi connectivity index (χ3v) is 2.17. The summed E-state index contributed by atoms with van der Waals surface area (Å²) in [6, 6.07) is 2.12. The largest absolute Gasteiger partial charge is 0.326 e. The molecule has 2 atom stereocenters. The van der Waals surface area contributed by atoms with Crippen LogP contribution < -0.4 is 5.73 Å². The summed E-state index contributed by atoms with van der Waals surface area (Å²) in [4.78, 5) is 0. The van der Waals surface area contributed by atoms with Crippen LogP contribution in [0.1, 0.15) is 13.3 Å². The fourth-order valence-electron chi connectivity index (χ4n) is 0.303. The Morgan fingerprint density at radius 1 is 1.88 bits per heavy atom. The maximum Gasteiger partial charge on any atom is 0.113 e. The predicted molar refractivity (Wildman–Crippen MR) is 41.7 cm³/mol. The Bertz CT molecular complexity index is 97.1. The second-order valence-corrected chi connectivity index (χ2v) is 2.94. The molecule has 0 aliphatic carbocycles. The van der Waals surface area contributed by atoms with Crippen molar-refractivity contribution in [2.24, 2.45) is 5.73 Å². The number of hydrogen-bond acceptors (Lipinski definition) is 2. The summed E-state index contributed by atoms with van der Waals surface area (Å²) in [6.07, 6.45) is 0.876. The second kappa shape index (κ2) is 4.10. The molecule has 2 unspecified atom stereocenters. The quantitative estimate of drug-likeness (QED) is 0.563. The predicted octanol–water partition coefficient (Wildman–Crippen LogP) is 1.05. The molecule has 0 heterocycles. The molecule has 0 rings (SSSR count). The van der Waals surface area contributed by atoms with E-state index in [4.69, 9.17) is 11.0 Å². The molecule has 0 spiro atoms. The van der Waals surface area contributed by atoms with Crippen LogP contribution in [0.5, 0.6) is 0 Å². The van der Waals surface area contributed by atoms with Gasteiger partial charge in [0, 0.05) is 6.04 Å². The first kappa shape index (κ1) is 8.18. The van der Waals surface area contributed by atoms with Crippen LogP contribution in [-0.2, 0) is 0 Å². The van der Waals surface area contributed by atoms with Crippen LogP contribution in [0.15, 0.2) is 0 Å². The molecule has 2 N–H and O–H groups in total. The number of hydrogen-bond donors (Lipinski definition) is 1. The fraction of sp³-hybridized carbons (Fsp3) is 0.800. The van der Waals surface area contributed by atoms with Crippen molar-refractivity contribution in [1.29, 1.82) is 5.26 Å². The SMILES string of the molecule is CCC(N)C(I)C#N. The summed E-state index contributed by atoms with van der Waals surface area (Å²) in [6.45, 7) is 1.98. The number of alkyl halides is 1. The van der Waals surface area contributed by atoms with E-state index in [1.165, 1.54) is 0 Å². The average molecular weight is 224 g/mol. The Morgan fingerprint density at radius 2 is 2.38 bits per heavy atom. The van der Waals surface area contributed by atoms with Crippen molar-refractivity contribution in [3.63, 3.8) is 0 Å². The van der Waals surface area contributed by atoms with Gasteiger partial charge >= 0.3 is 0 Å². The van der Waals surface area contributed by atoms with Crippen molar-refractivity contribution < 1.29 is 0 Å². The Labute approximate surface area is 63.2 Å². The standard InChI is InChI=1S/C5H9IN2/c1-2-5(8)4(6)3-7/h4-5H,2,8H2,1H3. The average Bonchev–Trinajstić information content (AvgIpc) is 1.84. The number of nitriles is 1. The topological polar surface area (TPSA) is 49.8 Å². The highest BCUT2D eigenvalue weighted by molar-refractivity contribution is 14.1. The van der Waals surface area contributed by atoms with E-state index in [9.17, 15) is 0 Å². The highest BCUT2D eigenvalue weighted by Gasteiger charge is 2.09. The second-order valence-electron chi connectivity index (χ2n) is 1.60. The van der Waals surface area contributed by atoms with Crippen LogP contribution >= 0.6 is 22.6 Å². The van der Waals surface area contributed by atoms with Crippen molar-refractivity contribution >= 4 is 22.6 Å². The van der Waals surface area contributed by atoms with Gasteiger partial charge in [0.15, 0.2) is 0 Å². The maximum atomic E-state index is 8.30. The van der Waals surface area contributed by atoms with E-state index in [-0.39, 0.29) is 9.97 Å². The minimum atomic E-state index is -0.0300. The van der Waals surface area contributed by atoms with Gasteiger partial charge in [0.25, 0.3) is 0 Å². The fourth-order valence-corrected chi connectivity index (χ4v) is 0.811. The monoisotopic (exact) mass is 224 g/mol. The number of rotatable bonds is 2. The molecular formula is C5H9IN2. The highest BCUT2D eigenvalue weighted by atomic mass is 127. The smallest absolute Gasteiger partial charge is 0.113 e. The van der Waals surface area contributed by atoms with E-state index in [0.29, 0.717) is 0 Å². The van der Waals surface area contributed by atoms with Crippen molar-refractivity contribution in [2.45, 2.75) is 23.3 Å². The molecule has 0 amide bonds. The molecule has 0 aromatic heterocycles. The third kappa shape index (κ3) is 2.48. The minimum Gasteiger partial charge on any atom is -0.326 e. The lowest BCUT2D eigenvalue weighted by Gasteiger charge is -2.06. The molecule has 0 saturated carbocycles. The zero-order valence-corrected chi connectivity index (χ0v) is 6.92. The molecule has 46 valence electrons. The van der Waals surface area contributed by atoms with Gasteiger partial charge in [-0.2, -0.15) is 5.26 Å². The van der Waals surface area contributed by atoms with Crippen molar-refractivity contribution in [2.75, 3.05) is 0 Å². The lowest BCUT2D eigenvalue weighted by Crippen LogP contribution is -2.28. The Balaban J connectivity index is 3.49. The normalized spacial score (nSPS) is 16.8. The summed E-state index contributed by atoms with van der Waals surface area (Å²) in [5, 5.41) is 8.30. The van der Waals surface area contributed by atoms with Crippen LogP contribution in [-0.4, -0.2) is 9.97 Å². The first-order valence-electron chi connectivity index (χ1n) is 2.51. The lowest BCUT2D eigenvalue weighted by atomic mass is 10.2. The summed E-state index contributed by atoms with van der Waals surface area (Å²) < 4.78 is -0.0300. The number of halogens is 1. The summed E-state index contributed by atoms with van der Waals surface area (Å²) in [7, 11) is 0. The molecule has 0 saturated heterocycles. The maximum absolute atomic E-state index is 8.30. The molecule has 0 aliphatic heterocycles. The van der Waals surface area contributed by atoms with Gasteiger partial charge in [0.2, 0.25) is 0 Å². The number of nitrogens with two attached hydrogens (primary N) is 1. The lowest BCUT2D eigenvalue weighted by molar-refractivity contribution is 0.689. The van der Waals surface area contributed by atoms with Gasteiger partial charge in [-0.15, -0.1) is 0 Å². The van der Waals surface area contributed by atoms with Gasteiger partial charge in [-0.05, 0) is 6.42 Å². The molecule has 0 aromatic carbocycles. The molecule has 3 heteroatoms.